The number of amides is 1. The Morgan fingerprint density at radius 2 is 2.09 bits per heavy atom. The molecule has 2 rings (SSSR count). The lowest BCUT2D eigenvalue weighted by molar-refractivity contribution is -0.144. The van der Waals surface area contributed by atoms with Crippen molar-refractivity contribution in [2.45, 2.75) is 13.0 Å². The molecule has 1 aliphatic rings. The number of carbonyl (C=O) groups excluding carboxylic acids is 1. The second kappa shape index (κ2) is 7.01. The monoisotopic (exact) mass is 353 g/mol. The summed E-state index contributed by atoms with van der Waals surface area (Å²) in [6, 6.07) is 4.19. The number of ether oxygens (including phenoxy) is 2. The van der Waals surface area contributed by atoms with Gasteiger partial charge >= 0.3 is 5.97 Å². The zero-order chi connectivity index (χ0) is 17.1. The smallest absolute Gasteiger partial charge is 0.326 e. The Morgan fingerprint density at radius 1 is 1.39 bits per heavy atom. The van der Waals surface area contributed by atoms with Gasteiger partial charge in [0.2, 0.25) is 0 Å². The lowest BCUT2D eigenvalue weighted by atomic mass is 10.1. The van der Waals surface area contributed by atoms with E-state index in [1.165, 1.54) is 14.0 Å². The number of thiocarbonyl (C=S) groups is 1. The average molecular weight is 353 g/mol. The van der Waals surface area contributed by atoms with Crippen LogP contribution in [0.1, 0.15) is 12.5 Å². The molecule has 1 N–H and O–H groups in total. The van der Waals surface area contributed by atoms with E-state index in [4.69, 9.17) is 26.8 Å². The van der Waals surface area contributed by atoms with Gasteiger partial charge in [0.1, 0.15) is 21.9 Å². The normalized spacial score (nSPS) is 17.5. The summed E-state index contributed by atoms with van der Waals surface area (Å²) in [6.07, 6.45) is 1.63. The molecule has 0 aliphatic carbocycles. The summed E-state index contributed by atoms with van der Waals surface area (Å²) in [5.74, 6) is -0.357. The number of hydrogen-bond acceptors (Lipinski definition) is 6. The second-order valence-corrected chi connectivity index (χ2v) is 6.35. The van der Waals surface area contributed by atoms with E-state index in [1.807, 2.05) is 0 Å². The fraction of sp³-hybridized carbons (Fsp3) is 0.267. The summed E-state index contributed by atoms with van der Waals surface area (Å²) in [6.45, 7) is 1.42. The van der Waals surface area contributed by atoms with Gasteiger partial charge in [-0.15, -0.1) is 0 Å². The molecule has 0 bridgehead atoms. The van der Waals surface area contributed by atoms with Crippen LogP contribution in [0.2, 0.25) is 0 Å². The lowest BCUT2D eigenvalue weighted by Gasteiger charge is -2.18. The highest BCUT2D eigenvalue weighted by atomic mass is 32.2. The van der Waals surface area contributed by atoms with Crippen molar-refractivity contribution in [2.75, 3.05) is 14.2 Å². The van der Waals surface area contributed by atoms with Crippen LogP contribution in [0.5, 0.6) is 11.5 Å². The summed E-state index contributed by atoms with van der Waals surface area (Å²) in [5, 5.41) is 9.08. The molecule has 1 amide bonds. The van der Waals surface area contributed by atoms with Crippen LogP contribution in [0.3, 0.4) is 0 Å². The number of carboxylic acid groups (broad SMARTS) is 1. The van der Waals surface area contributed by atoms with Gasteiger partial charge in [-0.25, -0.2) is 4.79 Å². The highest BCUT2D eigenvalue weighted by Gasteiger charge is 2.38. The number of benzene rings is 1. The molecule has 122 valence electrons. The van der Waals surface area contributed by atoms with E-state index in [0.29, 0.717) is 22.0 Å². The van der Waals surface area contributed by atoms with Crippen LogP contribution in [0.15, 0.2) is 23.1 Å². The van der Waals surface area contributed by atoms with E-state index in [-0.39, 0.29) is 4.32 Å². The number of methoxy groups -OCH3 is 2. The van der Waals surface area contributed by atoms with Crippen LogP contribution >= 0.6 is 24.0 Å². The van der Waals surface area contributed by atoms with Crippen LogP contribution in [-0.2, 0) is 9.59 Å². The molecule has 6 nitrogen and oxygen atoms in total. The number of thioether (sulfide) groups is 1. The predicted molar refractivity (Wildman–Crippen MR) is 91.7 cm³/mol. The molecule has 1 aromatic carbocycles. The standard InChI is InChI=1S/C15H15NO5S2/c1-8(14(18)19)16-13(17)12(23-15(16)22)6-9-4-5-10(20-2)7-11(9)21-3/h4-8H,1-3H3,(H,18,19). The molecule has 0 spiro atoms. The van der Waals surface area contributed by atoms with Crippen molar-refractivity contribution >= 4 is 46.3 Å². The van der Waals surface area contributed by atoms with Crippen molar-refractivity contribution in [1.82, 2.24) is 4.90 Å². The second-order valence-electron chi connectivity index (χ2n) is 4.67. The Hall–Kier alpha value is -2.06. The maximum Gasteiger partial charge on any atom is 0.326 e. The van der Waals surface area contributed by atoms with Crippen molar-refractivity contribution in [1.29, 1.82) is 0 Å². The molecular formula is C15H15NO5S2. The average Bonchev–Trinajstić information content (AvgIpc) is 2.80. The van der Waals surface area contributed by atoms with Crippen molar-refractivity contribution in [3.05, 3.63) is 28.7 Å². The lowest BCUT2D eigenvalue weighted by Crippen LogP contribution is -2.41. The van der Waals surface area contributed by atoms with Crippen LogP contribution in [0.4, 0.5) is 0 Å². The number of carbonyl (C=O) groups is 2. The minimum Gasteiger partial charge on any atom is -0.497 e. The first-order valence-electron chi connectivity index (χ1n) is 6.61. The topological polar surface area (TPSA) is 76.1 Å². The zero-order valence-electron chi connectivity index (χ0n) is 12.7. The molecule has 1 aromatic rings. The highest BCUT2D eigenvalue weighted by Crippen LogP contribution is 2.36. The van der Waals surface area contributed by atoms with E-state index in [1.54, 1.807) is 31.4 Å². The number of aliphatic carboxylic acids is 1. The number of carboxylic acids is 1. The predicted octanol–water partition coefficient (Wildman–Crippen LogP) is 2.38. The third-order valence-corrected chi connectivity index (χ3v) is 4.63. The molecule has 0 radical (unpaired) electrons. The van der Waals surface area contributed by atoms with Crippen molar-refractivity contribution in [3.63, 3.8) is 0 Å². The Bertz CT molecular complexity index is 701. The van der Waals surface area contributed by atoms with Crippen molar-refractivity contribution < 1.29 is 24.2 Å². The first-order valence-corrected chi connectivity index (χ1v) is 7.83. The maximum absolute atomic E-state index is 12.4. The Labute approximate surface area is 143 Å². The molecule has 1 saturated heterocycles. The number of hydrogen-bond donors (Lipinski definition) is 1. The van der Waals surface area contributed by atoms with Crippen molar-refractivity contribution in [2.24, 2.45) is 0 Å². The molecule has 1 fully saturated rings. The molecule has 1 atom stereocenters. The van der Waals surface area contributed by atoms with Gasteiger partial charge in [0, 0.05) is 11.6 Å². The zero-order valence-corrected chi connectivity index (χ0v) is 14.4. The molecule has 23 heavy (non-hydrogen) atoms. The number of nitrogens with zero attached hydrogens (tertiary/aromatic N) is 1. The maximum atomic E-state index is 12.4. The first-order chi connectivity index (χ1) is 10.9. The largest absolute Gasteiger partial charge is 0.497 e. The van der Waals surface area contributed by atoms with Gasteiger partial charge in [0.15, 0.2) is 0 Å². The molecule has 8 heteroatoms. The van der Waals surface area contributed by atoms with Gasteiger partial charge in [0.25, 0.3) is 5.91 Å². The molecule has 0 saturated carbocycles. The van der Waals surface area contributed by atoms with E-state index in [0.717, 1.165) is 16.7 Å². The summed E-state index contributed by atoms with van der Waals surface area (Å²) < 4.78 is 10.6. The van der Waals surface area contributed by atoms with E-state index >= 15 is 0 Å². The SMILES string of the molecule is COc1ccc(C=C2SC(=S)N(C(C)C(=O)O)C2=O)c(OC)c1. The van der Waals surface area contributed by atoms with Gasteiger partial charge in [-0.05, 0) is 25.1 Å². The molecular weight excluding hydrogens is 338 g/mol. The van der Waals surface area contributed by atoms with Gasteiger partial charge < -0.3 is 14.6 Å². The Balaban J connectivity index is 2.36. The Morgan fingerprint density at radius 3 is 2.65 bits per heavy atom. The van der Waals surface area contributed by atoms with E-state index in [2.05, 4.69) is 0 Å². The summed E-state index contributed by atoms with van der Waals surface area (Å²) in [7, 11) is 3.07. The van der Waals surface area contributed by atoms with E-state index in [9.17, 15) is 9.59 Å². The third-order valence-electron chi connectivity index (χ3n) is 3.30. The van der Waals surface area contributed by atoms with Gasteiger partial charge in [-0.1, -0.05) is 24.0 Å². The Kier molecular flexibility index (Phi) is 5.27. The first kappa shape index (κ1) is 17.3. The highest BCUT2D eigenvalue weighted by molar-refractivity contribution is 8.26. The third kappa shape index (κ3) is 3.48. The van der Waals surface area contributed by atoms with Crippen molar-refractivity contribution in [3.8, 4) is 11.5 Å². The summed E-state index contributed by atoms with van der Waals surface area (Å²) >= 11 is 6.19. The quantitative estimate of drug-likeness (QED) is 0.643. The summed E-state index contributed by atoms with van der Waals surface area (Å²) in [4.78, 5) is 25.0. The molecule has 1 unspecified atom stereocenters. The van der Waals surface area contributed by atoms with Crippen LogP contribution in [0.25, 0.3) is 6.08 Å². The van der Waals surface area contributed by atoms with Crippen LogP contribution in [0, 0.1) is 0 Å². The van der Waals surface area contributed by atoms with Crippen LogP contribution < -0.4 is 9.47 Å². The molecule has 1 heterocycles. The minimum atomic E-state index is -1.11. The molecule has 1 aliphatic heterocycles. The molecule has 0 aromatic heterocycles. The summed E-state index contributed by atoms with van der Waals surface area (Å²) in [5.41, 5.74) is 0.678. The minimum absolute atomic E-state index is 0.226. The number of rotatable bonds is 5. The van der Waals surface area contributed by atoms with Gasteiger partial charge in [0.05, 0.1) is 19.1 Å². The van der Waals surface area contributed by atoms with Gasteiger partial charge in [-0.3, -0.25) is 9.69 Å². The van der Waals surface area contributed by atoms with E-state index < -0.39 is 17.9 Å². The fourth-order valence-corrected chi connectivity index (χ4v) is 3.41. The fourth-order valence-electron chi connectivity index (χ4n) is 2.00. The van der Waals surface area contributed by atoms with Crippen LogP contribution in [-0.4, -0.2) is 46.5 Å². The van der Waals surface area contributed by atoms with Gasteiger partial charge in [-0.2, -0.15) is 0 Å².